The van der Waals surface area contributed by atoms with E-state index in [9.17, 15) is 4.39 Å². The van der Waals surface area contributed by atoms with Crippen molar-refractivity contribution in [2.75, 3.05) is 44.2 Å². The Morgan fingerprint density at radius 2 is 1.81 bits per heavy atom. The van der Waals surface area contributed by atoms with Gasteiger partial charge in [-0.15, -0.1) is 0 Å². The molecule has 21 heavy (non-hydrogen) atoms. The molecule has 4 nitrogen and oxygen atoms in total. The Labute approximate surface area is 125 Å². The number of hydrogen-bond acceptors (Lipinski definition) is 4. The predicted molar refractivity (Wildman–Crippen MR) is 82.0 cm³/mol. The van der Waals surface area contributed by atoms with E-state index in [0.717, 1.165) is 51.3 Å². The number of nitrogens with zero attached hydrogens (tertiary/aromatic N) is 2. The summed E-state index contributed by atoms with van der Waals surface area (Å²) in [4.78, 5) is 4.55. The van der Waals surface area contributed by atoms with Crippen molar-refractivity contribution in [2.45, 2.75) is 25.0 Å². The number of rotatable bonds is 4. The second-order valence-corrected chi connectivity index (χ2v) is 5.93. The average molecular weight is 293 g/mol. The molecule has 3 rings (SSSR count). The zero-order valence-electron chi connectivity index (χ0n) is 12.4. The van der Waals surface area contributed by atoms with E-state index in [1.54, 1.807) is 6.07 Å². The molecule has 0 bridgehead atoms. The zero-order chi connectivity index (χ0) is 14.7. The van der Waals surface area contributed by atoms with E-state index in [1.807, 2.05) is 12.1 Å². The van der Waals surface area contributed by atoms with Crippen molar-refractivity contribution in [1.82, 2.24) is 4.90 Å². The van der Waals surface area contributed by atoms with Gasteiger partial charge in [-0.3, -0.25) is 4.90 Å². The van der Waals surface area contributed by atoms with Gasteiger partial charge >= 0.3 is 0 Å². The van der Waals surface area contributed by atoms with Gasteiger partial charge in [-0.1, -0.05) is 12.1 Å². The van der Waals surface area contributed by atoms with Crippen molar-refractivity contribution in [2.24, 2.45) is 5.73 Å². The minimum atomic E-state index is -0.129. The summed E-state index contributed by atoms with van der Waals surface area (Å²) in [5, 5.41) is 0. The highest BCUT2D eigenvalue weighted by Gasteiger charge is 2.27. The smallest absolute Gasteiger partial charge is 0.146 e. The first-order valence-electron chi connectivity index (χ1n) is 7.83. The summed E-state index contributed by atoms with van der Waals surface area (Å²) in [6, 6.07) is 7.02. The monoisotopic (exact) mass is 293 g/mol. The molecule has 2 unspecified atom stereocenters. The minimum absolute atomic E-state index is 0.129. The molecule has 1 aromatic carbocycles. The van der Waals surface area contributed by atoms with Crippen LogP contribution in [-0.2, 0) is 4.74 Å². The number of piperazine rings is 1. The summed E-state index contributed by atoms with van der Waals surface area (Å²) in [6.45, 7) is 5.25. The summed E-state index contributed by atoms with van der Waals surface area (Å²) in [7, 11) is 0. The van der Waals surface area contributed by atoms with Crippen molar-refractivity contribution < 1.29 is 9.13 Å². The van der Waals surface area contributed by atoms with Crippen molar-refractivity contribution in [3.05, 3.63) is 30.1 Å². The van der Waals surface area contributed by atoms with E-state index in [2.05, 4.69) is 9.80 Å². The zero-order valence-corrected chi connectivity index (χ0v) is 12.4. The Kier molecular flexibility index (Phi) is 4.73. The van der Waals surface area contributed by atoms with Gasteiger partial charge in [0.1, 0.15) is 5.82 Å². The average Bonchev–Trinajstić information content (AvgIpc) is 2.96. The first-order chi connectivity index (χ1) is 10.3. The maximum Gasteiger partial charge on any atom is 0.146 e. The van der Waals surface area contributed by atoms with Crippen molar-refractivity contribution >= 4 is 5.69 Å². The van der Waals surface area contributed by atoms with Crippen molar-refractivity contribution in [3.63, 3.8) is 0 Å². The van der Waals surface area contributed by atoms with Crippen LogP contribution in [-0.4, -0.2) is 56.4 Å². The Hall–Kier alpha value is -1.17. The molecule has 0 amide bonds. The number of halogens is 1. The van der Waals surface area contributed by atoms with Gasteiger partial charge in [0.15, 0.2) is 0 Å². The minimum Gasteiger partial charge on any atom is -0.372 e. The highest BCUT2D eigenvalue weighted by molar-refractivity contribution is 5.47. The van der Waals surface area contributed by atoms with Gasteiger partial charge in [0, 0.05) is 39.3 Å². The normalized spacial score (nSPS) is 27.2. The lowest BCUT2D eigenvalue weighted by atomic mass is 10.1. The third kappa shape index (κ3) is 3.54. The molecule has 2 saturated heterocycles. The molecule has 0 saturated carbocycles. The fourth-order valence-electron chi connectivity index (χ4n) is 3.26. The molecular weight excluding hydrogens is 269 g/mol. The number of nitrogens with two attached hydrogens (primary N) is 1. The van der Waals surface area contributed by atoms with Crippen LogP contribution in [0.4, 0.5) is 10.1 Å². The Balaban J connectivity index is 1.48. The summed E-state index contributed by atoms with van der Waals surface area (Å²) in [5.74, 6) is -0.129. The number of ether oxygens (including phenoxy) is 1. The van der Waals surface area contributed by atoms with Gasteiger partial charge in [0.25, 0.3) is 0 Å². The van der Waals surface area contributed by atoms with E-state index in [1.165, 1.54) is 6.07 Å². The maximum absolute atomic E-state index is 13.8. The van der Waals surface area contributed by atoms with E-state index in [-0.39, 0.29) is 11.9 Å². The molecule has 1 aromatic rings. The summed E-state index contributed by atoms with van der Waals surface area (Å²) < 4.78 is 19.7. The predicted octanol–water partition coefficient (Wildman–Crippen LogP) is 1.45. The molecule has 0 radical (unpaired) electrons. The molecule has 2 aliphatic rings. The van der Waals surface area contributed by atoms with Crippen LogP contribution in [0.15, 0.2) is 24.3 Å². The largest absolute Gasteiger partial charge is 0.372 e. The summed E-state index contributed by atoms with van der Waals surface area (Å²) in [6.07, 6.45) is 2.75. The topological polar surface area (TPSA) is 41.7 Å². The lowest BCUT2D eigenvalue weighted by molar-refractivity contribution is 0.0260. The molecule has 2 heterocycles. The lowest BCUT2D eigenvalue weighted by Gasteiger charge is -2.37. The maximum atomic E-state index is 13.8. The Morgan fingerprint density at radius 1 is 1.10 bits per heavy atom. The number of anilines is 1. The van der Waals surface area contributed by atoms with Crippen LogP contribution in [0.25, 0.3) is 0 Å². The van der Waals surface area contributed by atoms with Gasteiger partial charge in [-0.25, -0.2) is 4.39 Å². The molecular formula is C16H24FN3O. The number of benzene rings is 1. The van der Waals surface area contributed by atoms with Crippen LogP contribution in [0.5, 0.6) is 0 Å². The molecule has 0 spiro atoms. The Morgan fingerprint density at radius 3 is 2.48 bits per heavy atom. The second-order valence-electron chi connectivity index (χ2n) is 5.93. The van der Waals surface area contributed by atoms with E-state index in [0.29, 0.717) is 12.6 Å². The highest BCUT2D eigenvalue weighted by atomic mass is 19.1. The number of hydrogen-bond donors (Lipinski definition) is 1. The quantitative estimate of drug-likeness (QED) is 0.912. The third-order valence-electron chi connectivity index (χ3n) is 4.49. The Bertz CT molecular complexity index is 463. The van der Waals surface area contributed by atoms with Crippen LogP contribution < -0.4 is 10.6 Å². The first kappa shape index (κ1) is 14.8. The molecule has 2 aliphatic heterocycles. The standard InChI is InChI=1S/C16H24FN3O/c17-15-3-1-2-4-16(15)20-9-7-19(8-10-20)12-14-6-5-13(11-18)21-14/h1-4,13-14H,5-12,18H2. The molecule has 2 N–H and O–H groups in total. The summed E-state index contributed by atoms with van der Waals surface area (Å²) >= 11 is 0. The van der Waals surface area contributed by atoms with Crippen LogP contribution in [0.3, 0.4) is 0 Å². The van der Waals surface area contributed by atoms with Gasteiger partial charge < -0.3 is 15.4 Å². The second kappa shape index (κ2) is 6.73. The van der Waals surface area contributed by atoms with E-state index < -0.39 is 0 Å². The van der Waals surface area contributed by atoms with Gasteiger partial charge in [-0.05, 0) is 25.0 Å². The molecule has 0 aromatic heterocycles. The van der Waals surface area contributed by atoms with Gasteiger partial charge in [0.05, 0.1) is 17.9 Å². The van der Waals surface area contributed by atoms with E-state index >= 15 is 0 Å². The number of para-hydroxylation sites is 1. The van der Waals surface area contributed by atoms with Crippen molar-refractivity contribution in [1.29, 1.82) is 0 Å². The first-order valence-corrected chi connectivity index (χ1v) is 7.83. The molecule has 5 heteroatoms. The molecule has 116 valence electrons. The molecule has 2 atom stereocenters. The van der Waals surface area contributed by atoms with Crippen LogP contribution >= 0.6 is 0 Å². The summed E-state index contributed by atoms with van der Waals surface area (Å²) in [5.41, 5.74) is 6.37. The van der Waals surface area contributed by atoms with Gasteiger partial charge in [-0.2, -0.15) is 0 Å². The fraction of sp³-hybridized carbons (Fsp3) is 0.625. The van der Waals surface area contributed by atoms with Gasteiger partial charge in [0.2, 0.25) is 0 Å². The molecule has 0 aliphatic carbocycles. The van der Waals surface area contributed by atoms with Crippen LogP contribution in [0.2, 0.25) is 0 Å². The van der Waals surface area contributed by atoms with Crippen LogP contribution in [0.1, 0.15) is 12.8 Å². The lowest BCUT2D eigenvalue weighted by Crippen LogP contribution is -2.48. The molecule has 2 fully saturated rings. The van der Waals surface area contributed by atoms with Crippen molar-refractivity contribution in [3.8, 4) is 0 Å². The highest BCUT2D eigenvalue weighted by Crippen LogP contribution is 2.22. The third-order valence-corrected chi connectivity index (χ3v) is 4.49. The SMILES string of the molecule is NCC1CCC(CN2CCN(c3ccccc3F)CC2)O1. The van der Waals surface area contributed by atoms with E-state index in [4.69, 9.17) is 10.5 Å². The fourth-order valence-corrected chi connectivity index (χ4v) is 3.26. The van der Waals surface area contributed by atoms with Crippen LogP contribution in [0, 0.1) is 5.82 Å².